The van der Waals surface area contributed by atoms with Crippen molar-refractivity contribution >= 4 is 45.0 Å². The topological polar surface area (TPSA) is 262 Å². The number of alkyl halides is 1. The third kappa shape index (κ3) is 27.3. The van der Waals surface area contributed by atoms with Crippen molar-refractivity contribution in [1.82, 2.24) is 24.9 Å². The summed E-state index contributed by atoms with van der Waals surface area (Å²) in [5, 5.41) is 28.8. The Kier molecular flexibility index (Phi) is 36.8. The van der Waals surface area contributed by atoms with Crippen molar-refractivity contribution in [1.29, 1.82) is 0 Å². The van der Waals surface area contributed by atoms with Gasteiger partial charge in [0.15, 0.2) is 57.8 Å². The maximum absolute atomic E-state index is 11.0. The number of hydrogen-bond donors (Lipinski definition) is 7. The number of methoxy groups -OCH3 is 3. The van der Waals surface area contributed by atoms with Crippen molar-refractivity contribution in [2.24, 2.45) is 0 Å². The molecule has 720 valence electrons. The molecule has 0 radical (unpaired) electrons. The van der Waals surface area contributed by atoms with Crippen LogP contribution in [-0.2, 0) is 36.2 Å². The first-order valence-electron chi connectivity index (χ1n) is 46.4. The minimum Gasteiger partial charge on any atom is -0.504 e. The van der Waals surface area contributed by atoms with Gasteiger partial charge in [0.25, 0.3) is 0 Å². The molecular weight excluding hydrogens is 1850 g/mol. The van der Waals surface area contributed by atoms with Crippen LogP contribution in [0, 0.1) is 0 Å². The maximum atomic E-state index is 11.0. The van der Waals surface area contributed by atoms with Crippen LogP contribution in [0.1, 0.15) is 64.5 Å². The first-order chi connectivity index (χ1) is 70.2. The van der Waals surface area contributed by atoms with E-state index in [1.165, 1.54) is 5.56 Å². The number of ether oxygens (including phenoxy) is 6. The van der Waals surface area contributed by atoms with E-state index in [9.17, 15) is 10.2 Å². The molecule has 0 fully saturated rings. The molecular formula is C125H115BrN10O8. The molecule has 5 aromatic heterocycles. The van der Waals surface area contributed by atoms with E-state index in [0.717, 1.165) is 128 Å². The molecule has 18 nitrogen and oxygen atoms in total. The molecule has 0 spiro atoms. The molecule has 0 aliphatic rings. The molecule has 0 atom stereocenters. The molecule has 0 unspecified atom stereocenters. The maximum Gasteiger partial charge on any atom is 0.170 e. The average molecular weight is 1970 g/mol. The van der Waals surface area contributed by atoms with Crippen LogP contribution in [-0.4, -0.2) is 56.5 Å². The largest absolute Gasteiger partial charge is 0.504 e. The predicted octanol–water partition coefficient (Wildman–Crippen LogP) is 28.9. The van der Waals surface area contributed by atoms with Crippen LogP contribution in [0.15, 0.2) is 498 Å². The summed E-state index contributed by atoms with van der Waals surface area (Å²) in [6.45, 7) is 1.24. The zero-order valence-corrected chi connectivity index (χ0v) is 80.9. The fourth-order valence-corrected chi connectivity index (χ4v) is 16.3. The van der Waals surface area contributed by atoms with E-state index in [4.69, 9.17) is 50.6 Å². The van der Waals surface area contributed by atoms with E-state index in [0.29, 0.717) is 60.3 Å². The quantitative estimate of drug-likeness (QED) is 0.0178. The number of benzene rings is 15. The van der Waals surface area contributed by atoms with Gasteiger partial charge in [-0.05, 0) is 150 Å². The van der Waals surface area contributed by atoms with E-state index in [1.807, 2.05) is 328 Å². The van der Waals surface area contributed by atoms with Gasteiger partial charge in [0.2, 0.25) is 0 Å². The number of halogens is 1. The molecule has 0 aliphatic heterocycles. The zero-order chi connectivity index (χ0) is 99.1. The summed E-state index contributed by atoms with van der Waals surface area (Å²) in [6.07, 6.45) is 8.86. The number of nitrogens with two attached hydrogens (primary N) is 3. The predicted molar refractivity (Wildman–Crippen MR) is 590 cm³/mol. The van der Waals surface area contributed by atoms with Gasteiger partial charge in [-0.25, -0.2) is 24.9 Å². The van der Waals surface area contributed by atoms with Crippen molar-refractivity contribution < 1.29 is 40.1 Å². The third-order valence-corrected chi connectivity index (χ3v) is 24.0. The molecule has 20 aromatic rings. The lowest BCUT2D eigenvalue weighted by atomic mass is 9.77. The normalized spacial score (nSPS) is 10.6. The minimum atomic E-state index is -0.747. The number of nitrogens with one attached hydrogen (secondary N) is 2. The first-order valence-corrected chi connectivity index (χ1v) is 47.6. The summed E-state index contributed by atoms with van der Waals surface area (Å²) < 4.78 is 33.9. The van der Waals surface area contributed by atoms with Crippen molar-refractivity contribution in [3.63, 3.8) is 0 Å². The molecule has 5 heterocycles. The molecule has 10 N–H and O–H groups in total. The number of aromatic hydroxyl groups is 2. The molecule has 0 aliphatic carbocycles. The summed E-state index contributed by atoms with van der Waals surface area (Å²) in [7, 11) is 4.99. The molecule has 0 amide bonds. The second-order valence-electron chi connectivity index (χ2n) is 32.8. The summed E-state index contributed by atoms with van der Waals surface area (Å²) in [4.78, 5) is 22.0. The molecule has 0 saturated carbocycles. The number of hydrogen-bond acceptors (Lipinski definition) is 18. The average Bonchev–Trinajstić information content (AvgIpc) is 0.745. The SMILES string of the molecule is C.COc1cccc(CBr)c1.COc1cccc(COc2cc(-c3ccccc3)cnc2N)c1.COc1cccc(COc2cc(-c3ccccc3)cnc2NC(c2ccccc2)(c2ccccc2)c2ccccc2)c1.Nc1ncc(-c2ccccc2)cc1O.Nc1ncc(-c2ccccc2)cc1OCc1ccccc1.Oc1cc(-c2ccccc2)cnc1NC(c1ccccc1)(c1ccccc1)c1ccccc1.[HH]. The Balaban J connectivity index is 0.000000153. The Morgan fingerprint density at radius 2 is 0.486 bits per heavy atom. The van der Waals surface area contributed by atoms with Crippen LogP contribution in [0.3, 0.4) is 0 Å². The molecule has 0 saturated heterocycles. The van der Waals surface area contributed by atoms with Crippen LogP contribution in [0.4, 0.5) is 29.1 Å². The highest BCUT2D eigenvalue weighted by molar-refractivity contribution is 9.08. The summed E-state index contributed by atoms with van der Waals surface area (Å²) in [5.74, 6) is 6.49. The van der Waals surface area contributed by atoms with Crippen LogP contribution in [0.2, 0.25) is 0 Å². The number of rotatable bonds is 28. The highest BCUT2D eigenvalue weighted by Crippen LogP contribution is 2.45. The highest BCUT2D eigenvalue weighted by atomic mass is 79.9. The van der Waals surface area contributed by atoms with Crippen molar-refractivity contribution in [2.75, 3.05) is 49.2 Å². The van der Waals surface area contributed by atoms with Crippen molar-refractivity contribution in [3.8, 4) is 102 Å². The van der Waals surface area contributed by atoms with Crippen LogP contribution in [0.25, 0.3) is 55.6 Å². The van der Waals surface area contributed by atoms with Gasteiger partial charge in [-0.1, -0.05) is 424 Å². The lowest BCUT2D eigenvalue weighted by molar-refractivity contribution is 0.305. The fraction of sp³-hybridized carbons (Fsp3) is 0.0800. The smallest absolute Gasteiger partial charge is 0.170 e. The number of anilines is 5. The molecule has 144 heavy (non-hydrogen) atoms. The second-order valence-corrected chi connectivity index (χ2v) is 33.4. The number of nitrogen functional groups attached to an aromatic ring is 3. The highest BCUT2D eigenvalue weighted by Gasteiger charge is 2.39. The first kappa shape index (κ1) is 102. The van der Waals surface area contributed by atoms with Gasteiger partial charge < -0.3 is 66.5 Å². The van der Waals surface area contributed by atoms with Gasteiger partial charge in [-0.2, -0.15) is 0 Å². The van der Waals surface area contributed by atoms with E-state index >= 15 is 0 Å². The van der Waals surface area contributed by atoms with Gasteiger partial charge in [-0.3, -0.25) is 0 Å². The summed E-state index contributed by atoms with van der Waals surface area (Å²) in [5.41, 5.74) is 36.4. The van der Waals surface area contributed by atoms with Gasteiger partial charge in [0.05, 0.1) is 21.3 Å². The zero-order valence-electron chi connectivity index (χ0n) is 79.4. The molecule has 20 rings (SSSR count). The number of aromatic nitrogens is 5. The van der Waals surface area contributed by atoms with Crippen LogP contribution < -0.4 is 56.3 Å². The van der Waals surface area contributed by atoms with Gasteiger partial charge >= 0.3 is 0 Å². The Morgan fingerprint density at radius 3 is 0.792 bits per heavy atom. The van der Waals surface area contributed by atoms with Gasteiger partial charge in [-0.15, -0.1) is 0 Å². The molecule has 19 heteroatoms. The fourth-order valence-electron chi connectivity index (χ4n) is 16.0. The third-order valence-electron chi connectivity index (χ3n) is 23.4. The van der Waals surface area contributed by atoms with E-state index in [1.54, 1.807) is 58.2 Å². The minimum absolute atomic E-state index is 0. The van der Waals surface area contributed by atoms with Gasteiger partial charge in [0, 0.05) is 65.6 Å². The van der Waals surface area contributed by atoms with Crippen LogP contribution in [0.5, 0.6) is 46.0 Å². The Morgan fingerprint density at radius 1 is 0.250 bits per heavy atom. The van der Waals surface area contributed by atoms with Crippen molar-refractivity contribution in [3.05, 3.63) is 554 Å². The molecule has 15 aromatic carbocycles. The Labute approximate surface area is 852 Å². The van der Waals surface area contributed by atoms with E-state index in [2.05, 4.69) is 180 Å². The lowest BCUT2D eigenvalue weighted by Crippen LogP contribution is -2.38. The summed E-state index contributed by atoms with van der Waals surface area (Å²) in [6, 6.07) is 155. The van der Waals surface area contributed by atoms with E-state index < -0.39 is 11.1 Å². The van der Waals surface area contributed by atoms with Crippen LogP contribution >= 0.6 is 15.9 Å². The Hall–Kier alpha value is -18.1. The van der Waals surface area contributed by atoms with Crippen molar-refractivity contribution in [2.45, 2.75) is 43.7 Å². The Bertz CT molecular complexity index is 7100. The second kappa shape index (κ2) is 52.1. The number of pyridine rings is 5. The van der Waals surface area contributed by atoms with Gasteiger partial charge in [0.1, 0.15) is 48.1 Å². The number of nitrogens with zero attached hydrogens (tertiary/aromatic N) is 5. The standard InChI is InChI=1S/C38H32N2O2.C30H24N2O.C19H18N2O2.C18H16N2O.C11H10N2O.C8H9BrO.CH4.H2/c1-41-35-24-14-15-29(25-35)28-42-36-26-31(30-16-6-2-7-17-30)27-39-37(36)40-38(32-18-8-3-9-19-32,33-20-10-4-11-21-33)34-22-12-5-13-23-34;33-28-21-24(23-13-5-1-6-14-23)22-31-29(28)32-30(25-15-7-2-8-16-25,26-17-9-3-10-18-26)27-19-11-4-12-20-27;1-22-17-9-5-6-14(10-17)13-23-18-11-16(12-21-19(18)20)15-7-3-2-4-8-15;19-18-17(21-13-14-7-3-1-4-8-14)11-16(12-20-18)15-9-5-2-6-10-15;12-11-10(14)6-9(7-13-11)8-4-2-1-3-5-8;1-10-8-4-2-3-7(5-8)6-9;;/h2-27H,28H2,1H3,(H,39,40);1-22,33H,(H,31,32);2-12H,13H2,1H3,(H2,20,21);1-12H,13H2,(H2,19,20);1-7,14H,(H2,12,13);2-5H,6H2,1H3;1H4;1H. The van der Waals surface area contributed by atoms with E-state index in [-0.39, 0.29) is 26.2 Å². The lowest BCUT2D eigenvalue weighted by Gasteiger charge is -2.37. The monoisotopic (exact) mass is 1960 g/mol. The molecule has 0 bridgehead atoms. The summed E-state index contributed by atoms with van der Waals surface area (Å²) >= 11 is 3.37.